The maximum absolute atomic E-state index is 13.5. The van der Waals surface area contributed by atoms with Gasteiger partial charge in [0, 0.05) is 12.6 Å². The molecule has 0 aliphatic carbocycles. The number of carbonyl (C=O) groups excluding carboxylic acids is 1. The van der Waals surface area contributed by atoms with Crippen molar-refractivity contribution in [1.82, 2.24) is 9.55 Å². The van der Waals surface area contributed by atoms with Gasteiger partial charge in [0.15, 0.2) is 5.75 Å². The molecule has 0 spiro atoms. The fourth-order valence-electron chi connectivity index (χ4n) is 4.83. The molecule has 1 unspecified atom stereocenters. The van der Waals surface area contributed by atoms with Crippen LogP contribution in [-0.2, 0) is 28.1 Å². The van der Waals surface area contributed by atoms with Gasteiger partial charge in [-0.05, 0) is 61.6 Å². The number of benzene rings is 2. The van der Waals surface area contributed by atoms with Crippen LogP contribution in [0.2, 0.25) is 0 Å². The highest BCUT2D eigenvalue weighted by atomic mass is 32.2. The maximum atomic E-state index is 13.5. The predicted octanol–water partition coefficient (Wildman–Crippen LogP) is 4.81. The summed E-state index contributed by atoms with van der Waals surface area (Å²) < 4.78 is 34.0. The van der Waals surface area contributed by atoms with Crippen molar-refractivity contribution < 1.29 is 23.1 Å². The van der Waals surface area contributed by atoms with Gasteiger partial charge in [-0.1, -0.05) is 32.1 Å². The quantitative estimate of drug-likeness (QED) is 0.337. The van der Waals surface area contributed by atoms with Crippen LogP contribution in [0.15, 0.2) is 46.9 Å². The molecule has 2 aromatic carbocycles. The van der Waals surface area contributed by atoms with Gasteiger partial charge >= 0.3 is 0 Å². The van der Waals surface area contributed by atoms with Crippen LogP contribution in [0.3, 0.4) is 0 Å². The fraction of sp³-hybridized carbons (Fsp3) is 0.448. The number of sulfonamides is 1. The van der Waals surface area contributed by atoms with Gasteiger partial charge in [-0.3, -0.25) is 9.52 Å². The van der Waals surface area contributed by atoms with Gasteiger partial charge in [0.05, 0.1) is 48.9 Å². The first kappa shape index (κ1) is 31.0. The first-order valence-corrected chi connectivity index (χ1v) is 15.3. The Morgan fingerprint density at radius 2 is 1.79 bits per heavy atom. The van der Waals surface area contributed by atoms with E-state index >= 15 is 0 Å². The summed E-state index contributed by atoms with van der Waals surface area (Å²) in [6, 6.07) is 8.48. The first-order chi connectivity index (χ1) is 19.4. The minimum absolute atomic E-state index is 0.201. The van der Waals surface area contributed by atoms with Gasteiger partial charge in [-0.15, -0.1) is 0 Å². The predicted molar refractivity (Wildman–Crippen MR) is 163 cm³/mol. The van der Waals surface area contributed by atoms with Crippen LogP contribution in [0.5, 0.6) is 5.75 Å². The van der Waals surface area contributed by atoms with Crippen LogP contribution in [-0.4, -0.2) is 48.9 Å². The molecule has 3 N–H and O–H groups in total. The molecular weight excluding hydrogens is 558 g/mol. The standard InChI is InChI=1S/C29H39N7O5S/c1-17-10-11-18(12-23(17)36-16-22(32-34-36)24-15-30-27(35(24)7)29(5,6)38)26(37)31-20-13-19(28(2,3)4)14-21(25(20)41-8)33-42(9,39)40/h10-15,22,33,38H,16H2,1-9H3,(H,31,37). The molecular formula is C29H39N7O5S. The maximum Gasteiger partial charge on any atom is 0.255 e. The minimum atomic E-state index is -3.61. The highest BCUT2D eigenvalue weighted by molar-refractivity contribution is 7.92. The van der Waals surface area contributed by atoms with Crippen molar-refractivity contribution >= 4 is 33.0 Å². The highest BCUT2D eigenvalue weighted by Crippen LogP contribution is 2.40. The Kier molecular flexibility index (Phi) is 8.13. The molecule has 2 heterocycles. The van der Waals surface area contributed by atoms with Crippen molar-refractivity contribution in [2.45, 2.75) is 58.6 Å². The second-order valence-corrected chi connectivity index (χ2v) is 13.9. The Labute approximate surface area is 246 Å². The van der Waals surface area contributed by atoms with Crippen LogP contribution in [0.1, 0.15) is 73.7 Å². The largest absolute Gasteiger partial charge is 0.492 e. The van der Waals surface area contributed by atoms with Gasteiger partial charge in [0.2, 0.25) is 10.0 Å². The number of carbonyl (C=O) groups is 1. The monoisotopic (exact) mass is 597 g/mol. The summed E-state index contributed by atoms with van der Waals surface area (Å²) in [7, 11) is -0.354. The molecule has 0 fully saturated rings. The van der Waals surface area contributed by atoms with Crippen LogP contribution >= 0.6 is 0 Å². The Hall–Kier alpha value is -3.97. The molecule has 0 radical (unpaired) electrons. The summed E-state index contributed by atoms with van der Waals surface area (Å²) >= 11 is 0. The Morgan fingerprint density at radius 1 is 1.12 bits per heavy atom. The van der Waals surface area contributed by atoms with Crippen molar-refractivity contribution in [3.05, 3.63) is 64.7 Å². The number of methoxy groups -OCH3 is 1. The molecule has 42 heavy (non-hydrogen) atoms. The number of amides is 1. The normalized spacial score (nSPS) is 15.7. The number of nitrogens with zero attached hydrogens (tertiary/aromatic N) is 5. The topological polar surface area (TPSA) is 151 Å². The summed E-state index contributed by atoms with van der Waals surface area (Å²) in [4.78, 5) is 17.9. The third-order valence-electron chi connectivity index (χ3n) is 7.01. The van der Waals surface area contributed by atoms with Crippen LogP contribution < -0.4 is 19.8 Å². The molecule has 0 saturated heterocycles. The molecule has 226 valence electrons. The average Bonchev–Trinajstić information content (AvgIpc) is 3.49. The zero-order valence-electron chi connectivity index (χ0n) is 25.5. The SMILES string of the molecule is COc1c(NC(=O)c2ccc(C)c(N3CC(c4cnc(C(C)(C)O)n4C)N=N3)c2)cc(C(C)(C)C)cc1NS(C)(=O)=O. The van der Waals surface area contributed by atoms with E-state index in [1.165, 1.54) is 7.11 Å². The zero-order chi connectivity index (χ0) is 31.2. The number of hydrogen-bond acceptors (Lipinski definition) is 9. The molecule has 4 rings (SSSR count). The molecule has 1 atom stereocenters. The van der Waals surface area contributed by atoms with Crippen molar-refractivity contribution in [2.24, 2.45) is 17.4 Å². The van der Waals surface area contributed by atoms with Gasteiger partial charge in [0.25, 0.3) is 5.91 Å². The molecule has 13 heteroatoms. The number of anilines is 3. The number of nitrogens with one attached hydrogen (secondary N) is 2. The van der Waals surface area contributed by atoms with Gasteiger partial charge in [-0.25, -0.2) is 18.4 Å². The molecule has 1 amide bonds. The van der Waals surface area contributed by atoms with E-state index in [-0.39, 0.29) is 22.9 Å². The molecule has 1 aliphatic rings. The van der Waals surface area contributed by atoms with E-state index in [0.29, 0.717) is 29.3 Å². The van der Waals surface area contributed by atoms with Gasteiger partial charge < -0.3 is 19.7 Å². The number of aromatic nitrogens is 2. The van der Waals surface area contributed by atoms with E-state index in [0.717, 1.165) is 23.1 Å². The van der Waals surface area contributed by atoms with E-state index in [9.17, 15) is 18.3 Å². The summed E-state index contributed by atoms with van der Waals surface area (Å²) in [6.45, 7) is 11.7. The van der Waals surface area contributed by atoms with E-state index in [2.05, 4.69) is 25.4 Å². The average molecular weight is 598 g/mol. The number of hydrogen-bond donors (Lipinski definition) is 3. The van der Waals surface area contributed by atoms with Crippen molar-refractivity contribution in [3.8, 4) is 5.75 Å². The van der Waals surface area contributed by atoms with Crippen LogP contribution in [0, 0.1) is 6.92 Å². The smallest absolute Gasteiger partial charge is 0.255 e. The minimum Gasteiger partial charge on any atom is -0.492 e. The zero-order valence-corrected chi connectivity index (χ0v) is 26.3. The second kappa shape index (κ2) is 11.0. The van der Waals surface area contributed by atoms with E-state index in [1.807, 2.05) is 45.4 Å². The number of aliphatic hydroxyl groups is 1. The molecule has 3 aromatic rings. The number of rotatable bonds is 8. The highest BCUT2D eigenvalue weighted by Gasteiger charge is 2.30. The second-order valence-electron chi connectivity index (χ2n) is 12.1. The van der Waals surface area contributed by atoms with E-state index < -0.39 is 21.5 Å². The summed E-state index contributed by atoms with van der Waals surface area (Å²) in [6.07, 6.45) is 2.76. The van der Waals surface area contributed by atoms with Gasteiger partial charge in [0.1, 0.15) is 17.5 Å². The van der Waals surface area contributed by atoms with Crippen molar-refractivity contribution in [3.63, 3.8) is 0 Å². The Morgan fingerprint density at radius 3 is 2.36 bits per heavy atom. The lowest BCUT2D eigenvalue weighted by molar-refractivity contribution is 0.0655. The van der Waals surface area contributed by atoms with Gasteiger partial charge in [-0.2, -0.15) is 5.11 Å². The number of ether oxygens (including phenoxy) is 1. The van der Waals surface area contributed by atoms with E-state index in [1.54, 1.807) is 49.3 Å². The van der Waals surface area contributed by atoms with Crippen LogP contribution in [0.25, 0.3) is 0 Å². The summed E-state index contributed by atoms with van der Waals surface area (Å²) in [5.74, 6) is 0.328. The summed E-state index contributed by atoms with van der Waals surface area (Å²) in [5.41, 5.74) is 2.75. The lowest BCUT2D eigenvalue weighted by atomic mass is 9.86. The fourth-order valence-corrected chi connectivity index (χ4v) is 5.39. The Balaban J connectivity index is 1.62. The third-order valence-corrected chi connectivity index (χ3v) is 7.60. The van der Waals surface area contributed by atoms with Crippen LogP contribution in [0.4, 0.5) is 17.1 Å². The lowest BCUT2D eigenvalue weighted by Crippen LogP contribution is -2.23. The molecule has 1 aliphatic heterocycles. The molecule has 0 bridgehead atoms. The Bertz CT molecular complexity index is 1650. The number of aryl methyl sites for hydroxylation is 1. The number of imidazole rings is 1. The third kappa shape index (κ3) is 6.57. The lowest BCUT2D eigenvalue weighted by Gasteiger charge is -2.24. The summed E-state index contributed by atoms with van der Waals surface area (Å²) in [5, 5.41) is 23.9. The van der Waals surface area contributed by atoms with Crippen molar-refractivity contribution in [1.29, 1.82) is 0 Å². The van der Waals surface area contributed by atoms with Crippen molar-refractivity contribution in [2.75, 3.05) is 35.0 Å². The first-order valence-electron chi connectivity index (χ1n) is 13.4. The molecule has 12 nitrogen and oxygen atoms in total. The molecule has 0 saturated carbocycles. The van der Waals surface area contributed by atoms with E-state index in [4.69, 9.17) is 4.74 Å². The molecule has 1 aromatic heterocycles.